The number of benzene rings is 2. The summed E-state index contributed by atoms with van der Waals surface area (Å²) in [4.78, 5) is 9.33. The summed E-state index contributed by atoms with van der Waals surface area (Å²) in [5, 5.41) is -0.455. The summed E-state index contributed by atoms with van der Waals surface area (Å²) < 4.78 is 24.5. The van der Waals surface area contributed by atoms with E-state index in [-0.39, 0.29) is 0 Å². The lowest BCUT2D eigenvalue weighted by Gasteiger charge is -2.09. The molecular formula is C23H22N2O2S. The maximum atomic E-state index is 12.3. The van der Waals surface area contributed by atoms with Crippen LogP contribution in [0.2, 0.25) is 0 Å². The van der Waals surface area contributed by atoms with Gasteiger partial charge in [-0.1, -0.05) is 48.4 Å². The number of rotatable bonds is 4. The van der Waals surface area contributed by atoms with Gasteiger partial charge in [-0.25, -0.2) is 13.4 Å². The van der Waals surface area contributed by atoms with Crippen LogP contribution in [0.15, 0.2) is 65.7 Å². The standard InChI is InChI=1S/C23H22N2O2S/c1-17(2)28(26,27)21-14-12-20(13-15-21)23-16-24-18(3)22(25-23)11-7-10-19-8-5-4-6-9-19/h4-6,8-9,12-17H,10H2,1-3H3. The Bertz CT molecular complexity index is 1120. The molecule has 0 radical (unpaired) electrons. The Morgan fingerprint density at radius 1 is 1.00 bits per heavy atom. The molecule has 0 aliphatic carbocycles. The fourth-order valence-corrected chi connectivity index (χ4v) is 3.68. The van der Waals surface area contributed by atoms with Crippen LogP contribution in [0.3, 0.4) is 0 Å². The predicted octanol–water partition coefficient (Wildman–Crippen LogP) is 4.23. The van der Waals surface area contributed by atoms with Crippen LogP contribution in [0, 0.1) is 18.8 Å². The average molecular weight is 391 g/mol. The SMILES string of the molecule is Cc1ncc(-c2ccc(S(=O)(=O)C(C)C)cc2)nc1C#CCc1ccccc1. The number of hydrogen-bond acceptors (Lipinski definition) is 4. The number of sulfone groups is 1. The molecule has 4 nitrogen and oxygen atoms in total. The highest BCUT2D eigenvalue weighted by Gasteiger charge is 2.19. The lowest BCUT2D eigenvalue weighted by atomic mass is 10.1. The van der Waals surface area contributed by atoms with E-state index in [1.807, 2.05) is 37.3 Å². The van der Waals surface area contributed by atoms with Crippen LogP contribution in [-0.2, 0) is 16.3 Å². The summed E-state index contributed by atoms with van der Waals surface area (Å²) in [5.41, 5.74) is 4.03. The Balaban J connectivity index is 1.85. The Kier molecular flexibility index (Phi) is 5.91. The molecule has 0 N–H and O–H groups in total. The molecule has 0 fully saturated rings. The molecular weight excluding hydrogens is 368 g/mol. The van der Waals surface area contributed by atoms with Crippen LogP contribution in [0.5, 0.6) is 0 Å². The molecule has 2 aromatic carbocycles. The van der Waals surface area contributed by atoms with Gasteiger partial charge in [-0.15, -0.1) is 0 Å². The minimum absolute atomic E-state index is 0.314. The van der Waals surface area contributed by atoms with Crippen molar-refractivity contribution in [2.24, 2.45) is 0 Å². The number of aryl methyl sites for hydroxylation is 1. The van der Waals surface area contributed by atoms with Crippen molar-refractivity contribution < 1.29 is 8.42 Å². The number of nitrogens with zero attached hydrogens (tertiary/aromatic N) is 2. The molecule has 0 saturated heterocycles. The highest BCUT2D eigenvalue weighted by Crippen LogP contribution is 2.22. The van der Waals surface area contributed by atoms with Gasteiger partial charge in [-0.2, -0.15) is 0 Å². The highest BCUT2D eigenvalue weighted by atomic mass is 32.2. The summed E-state index contributed by atoms with van der Waals surface area (Å²) in [6.07, 6.45) is 2.33. The highest BCUT2D eigenvalue weighted by molar-refractivity contribution is 7.92. The van der Waals surface area contributed by atoms with Crippen molar-refractivity contribution >= 4 is 9.84 Å². The fraction of sp³-hybridized carbons (Fsp3) is 0.217. The molecule has 3 rings (SSSR count). The second-order valence-corrected chi connectivity index (χ2v) is 9.28. The molecule has 0 atom stereocenters. The first-order valence-electron chi connectivity index (χ1n) is 9.08. The van der Waals surface area contributed by atoms with E-state index in [1.165, 1.54) is 0 Å². The average Bonchev–Trinajstić information content (AvgIpc) is 2.70. The van der Waals surface area contributed by atoms with Gasteiger partial charge < -0.3 is 0 Å². The first-order chi connectivity index (χ1) is 13.4. The molecule has 5 heteroatoms. The van der Waals surface area contributed by atoms with Crippen molar-refractivity contribution in [1.82, 2.24) is 9.97 Å². The normalized spacial score (nSPS) is 11.1. The third-order valence-corrected chi connectivity index (χ3v) is 6.57. The maximum Gasteiger partial charge on any atom is 0.180 e. The van der Waals surface area contributed by atoms with Gasteiger partial charge in [0.1, 0.15) is 5.69 Å². The van der Waals surface area contributed by atoms with Gasteiger partial charge in [0.25, 0.3) is 0 Å². The van der Waals surface area contributed by atoms with Gasteiger partial charge in [-0.05, 0) is 44.4 Å². The minimum Gasteiger partial charge on any atom is -0.256 e. The lowest BCUT2D eigenvalue weighted by Crippen LogP contribution is -2.13. The zero-order valence-electron chi connectivity index (χ0n) is 16.2. The monoisotopic (exact) mass is 390 g/mol. The van der Waals surface area contributed by atoms with Crippen molar-refractivity contribution in [2.45, 2.75) is 37.3 Å². The molecule has 0 aliphatic heterocycles. The Labute approximate surface area is 166 Å². The second kappa shape index (κ2) is 8.37. The molecule has 0 unspecified atom stereocenters. The van der Waals surface area contributed by atoms with Gasteiger partial charge in [0.15, 0.2) is 9.84 Å². The molecule has 28 heavy (non-hydrogen) atoms. The smallest absolute Gasteiger partial charge is 0.180 e. The molecule has 142 valence electrons. The van der Waals surface area contributed by atoms with Crippen molar-refractivity contribution in [1.29, 1.82) is 0 Å². The van der Waals surface area contributed by atoms with E-state index in [4.69, 9.17) is 0 Å². The van der Waals surface area contributed by atoms with Gasteiger partial charge in [0, 0.05) is 12.0 Å². The molecule has 0 spiro atoms. The van der Waals surface area contributed by atoms with Crippen LogP contribution in [0.1, 0.15) is 30.8 Å². The van der Waals surface area contributed by atoms with E-state index in [1.54, 1.807) is 44.3 Å². The molecule has 1 heterocycles. The first-order valence-corrected chi connectivity index (χ1v) is 10.6. The summed E-state index contributed by atoms with van der Waals surface area (Å²) in [6.45, 7) is 5.23. The van der Waals surface area contributed by atoms with E-state index in [0.29, 0.717) is 22.7 Å². The Hall–Kier alpha value is -2.97. The Morgan fingerprint density at radius 2 is 1.68 bits per heavy atom. The maximum absolute atomic E-state index is 12.3. The molecule has 1 aromatic heterocycles. The first kappa shape index (κ1) is 19.8. The van der Waals surface area contributed by atoms with Crippen LogP contribution in [0.4, 0.5) is 0 Å². The fourth-order valence-electron chi connectivity index (χ4n) is 2.62. The zero-order valence-corrected chi connectivity index (χ0v) is 17.0. The number of hydrogen-bond donors (Lipinski definition) is 0. The van der Waals surface area contributed by atoms with E-state index in [9.17, 15) is 8.42 Å². The van der Waals surface area contributed by atoms with Crippen molar-refractivity contribution in [3.8, 4) is 23.1 Å². The van der Waals surface area contributed by atoms with Crippen LogP contribution in [0.25, 0.3) is 11.3 Å². The molecule has 0 saturated carbocycles. The molecule has 0 bridgehead atoms. The topological polar surface area (TPSA) is 59.9 Å². The van der Waals surface area contributed by atoms with Crippen LogP contribution < -0.4 is 0 Å². The largest absolute Gasteiger partial charge is 0.256 e. The number of aromatic nitrogens is 2. The molecule has 3 aromatic rings. The third kappa shape index (κ3) is 4.47. The predicted molar refractivity (Wildman–Crippen MR) is 112 cm³/mol. The van der Waals surface area contributed by atoms with Crippen molar-refractivity contribution in [3.05, 3.63) is 77.7 Å². The van der Waals surface area contributed by atoms with Gasteiger partial charge in [-0.3, -0.25) is 4.98 Å². The summed E-state index contributed by atoms with van der Waals surface area (Å²) in [7, 11) is -3.29. The summed E-state index contributed by atoms with van der Waals surface area (Å²) in [6, 6.07) is 16.8. The van der Waals surface area contributed by atoms with Gasteiger partial charge >= 0.3 is 0 Å². The second-order valence-electron chi connectivity index (χ2n) is 6.77. The zero-order chi connectivity index (χ0) is 20.1. The molecule has 0 aliphatic rings. The summed E-state index contributed by atoms with van der Waals surface area (Å²) in [5.74, 6) is 6.25. The third-order valence-electron chi connectivity index (χ3n) is 4.40. The van der Waals surface area contributed by atoms with E-state index >= 15 is 0 Å². The molecule has 0 amide bonds. The minimum atomic E-state index is -3.29. The van der Waals surface area contributed by atoms with Gasteiger partial charge in [0.2, 0.25) is 0 Å². The van der Waals surface area contributed by atoms with Crippen LogP contribution >= 0.6 is 0 Å². The quantitative estimate of drug-likeness (QED) is 0.626. The summed E-state index contributed by atoms with van der Waals surface area (Å²) >= 11 is 0. The van der Waals surface area contributed by atoms with Crippen molar-refractivity contribution in [2.75, 3.05) is 0 Å². The van der Waals surface area contributed by atoms with Gasteiger partial charge in [0.05, 0.1) is 27.7 Å². The van der Waals surface area contributed by atoms with E-state index < -0.39 is 15.1 Å². The Morgan fingerprint density at radius 3 is 2.32 bits per heavy atom. The van der Waals surface area contributed by atoms with E-state index in [2.05, 4.69) is 21.8 Å². The van der Waals surface area contributed by atoms with Crippen molar-refractivity contribution in [3.63, 3.8) is 0 Å². The van der Waals surface area contributed by atoms with Crippen LogP contribution in [-0.4, -0.2) is 23.6 Å². The lowest BCUT2D eigenvalue weighted by molar-refractivity contribution is 0.587. The van der Waals surface area contributed by atoms with E-state index in [0.717, 1.165) is 16.8 Å².